The zero-order chi connectivity index (χ0) is 23.8. The minimum atomic E-state index is -1.04. The van der Waals surface area contributed by atoms with Crippen LogP contribution in [-0.4, -0.2) is 86.7 Å². The van der Waals surface area contributed by atoms with Gasteiger partial charge in [0.15, 0.2) is 5.84 Å². The van der Waals surface area contributed by atoms with E-state index in [9.17, 15) is 19.9 Å². The number of likely N-dealkylation sites (tertiary alicyclic amines) is 1. The van der Waals surface area contributed by atoms with Crippen molar-refractivity contribution in [3.8, 4) is 0 Å². The van der Waals surface area contributed by atoms with Crippen molar-refractivity contribution >= 4 is 17.8 Å². The van der Waals surface area contributed by atoms with Crippen molar-refractivity contribution in [2.75, 3.05) is 26.7 Å². The predicted octanol–water partition coefficient (Wildman–Crippen LogP) is 1.24. The third-order valence-corrected chi connectivity index (χ3v) is 9.01. The molecule has 2 bridgehead atoms. The number of urea groups is 1. The fourth-order valence-electron chi connectivity index (χ4n) is 7.38. The number of amidine groups is 1. The first-order chi connectivity index (χ1) is 15.7. The number of nitrogens with zero attached hydrogens (tertiary/aromatic N) is 4. The number of hydrogen-bond donors (Lipinski definition) is 3. The molecule has 0 radical (unpaired) electrons. The summed E-state index contributed by atoms with van der Waals surface area (Å²) in [6.45, 7) is 5.29. The second kappa shape index (κ2) is 7.17. The maximum atomic E-state index is 13.7. The van der Waals surface area contributed by atoms with Crippen LogP contribution in [0.4, 0.5) is 4.79 Å². The summed E-state index contributed by atoms with van der Waals surface area (Å²) >= 11 is 0. The van der Waals surface area contributed by atoms with Gasteiger partial charge in [0.05, 0.1) is 5.60 Å². The Morgan fingerprint density at radius 1 is 1.21 bits per heavy atom. The molecule has 4 aliphatic rings. The van der Waals surface area contributed by atoms with Gasteiger partial charge in [-0.25, -0.2) is 4.79 Å². The molecular formula is C24H33N5O4. The van der Waals surface area contributed by atoms with E-state index in [2.05, 4.69) is 10.1 Å². The fraction of sp³-hybridized carbons (Fsp3) is 0.625. The van der Waals surface area contributed by atoms with Crippen LogP contribution >= 0.6 is 0 Å². The first-order valence-corrected chi connectivity index (χ1v) is 11.9. The maximum Gasteiger partial charge on any atom is 0.327 e. The fourth-order valence-corrected chi connectivity index (χ4v) is 7.38. The van der Waals surface area contributed by atoms with Crippen molar-refractivity contribution in [3.05, 3.63) is 34.9 Å². The third kappa shape index (κ3) is 2.57. The maximum absolute atomic E-state index is 13.7. The lowest BCUT2D eigenvalue weighted by Gasteiger charge is -2.66. The second-order valence-electron chi connectivity index (χ2n) is 10.1. The molecule has 2 heterocycles. The highest BCUT2D eigenvalue weighted by molar-refractivity contribution is 6.07. The summed E-state index contributed by atoms with van der Waals surface area (Å²) in [5.74, 6) is -0.138. The zero-order valence-electron chi connectivity index (χ0n) is 19.5. The molecular weight excluding hydrogens is 422 g/mol. The quantitative estimate of drug-likeness (QED) is 0.207. The van der Waals surface area contributed by atoms with Gasteiger partial charge in [-0.3, -0.25) is 9.69 Å². The number of hydrogen-bond acceptors (Lipinski definition) is 6. The van der Waals surface area contributed by atoms with Gasteiger partial charge in [-0.05, 0) is 76.7 Å². The lowest BCUT2D eigenvalue weighted by Crippen LogP contribution is -2.76. The normalized spacial score (nSPS) is 36.4. The van der Waals surface area contributed by atoms with Crippen LogP contribution in [0, 0.1) is 0 Å². The van der Waals surface area contributed by atoms with E-state index < -0.39 is 16.6 Å². The van der Waals surface area contributed by atoms with Crippen molar-refractivity contribution in [1.29, 1.82) is 0 Å². The minimum Gasteiger partial charge on any atom is -0.409 e. The molecule has 9 nitrogen and oxygen atoms in total. The van der Waals surface area contributed by atoms with Crippen molar-refractivity contribution in [3.63, 3.8) is 0 Å². The molecule has 3 amide bonds. The van der Waals surface area contributed by atoms with Gasteiger partial charge in [0, 0.05) is 30.1 Å². The highest BCUT2D eigenvalue weighted by Crippen LogP contribution is 2.61. The van der Waals surface area contributed by atoms with E-state index in [1.54, 1.807) is 4.90 Å². The summed E-state index contributed by atoms with van der Waals surface area (Å²) in [5.41, 5.74) is 5.87. The van der Waals surface area contributed by atoms with Crippen LogP contribution in [0.2, 0.25) is 0 Å². The standard InChI is InChI=1S/C24H33N5O4/c1-4-28-20(30)23(29(5-2)21(28)31)8-9-24(32)18-13-15-6-7-16(19(25)26-33)12-17(15)22(24,14-23)10-11-27(18)3/h6-7,12,18,32-33H,4-5,8-11,13-14H2,1-3H3,(H2,25,26). The molecule has 4 unspecified atom stereocenters. The molecule has 178 valence electrons. The Morgan fingerprint density at radius 2 is 1.97 bits per heavy atom. The van der Waals surface area contributed by atoms with Gasteiger partial charge in [0.2, 0.25) is 0 Å². The van der Waals surface area contributed by atoms with Crippen LogP contribution in [0.15, 0.2) is 23.4 Å². The average molecular weight is 456 g/mol. The number of carbonyl (C=O) groups is 2. The molecule has 1 spiro atoms. The van der Waals surface area contributed by atoms with E-state index in [-0.39, 0.29) is 23.8 Å². The molecule has 9 heteroatoms. The van der Waals surface area contributed by atoms with Crippen LogP contribution in [0.5, 0.6) is 0 Å². The largest absolute Gasteiger partial charge is 0.409 e. The molecule has 3 fully saturated rings. The molecule has 1 aromatic rings. The van der Waals surface area contributed by atoms with Gasteiger partial charge < -0.3 is 25.8 Å². The molecule has 1 saturated carbocycles. The van der Waals surface area contributed by atoms with Crippen molar-refractivity contribution in [2.24, 2.45) is 10.9 Å². The van der Waals surface area contributed by atoms with Crippen molar-refractivity contribution in [2.45, 2.75) is 68.5 Å². The number of nitrogens with two attached hydrogens (primary N) is 1. The van der Waals surface area contributed by atoms with Gasteiger partial charge in [0.25, 0.3) is 5.91 Å². The first-order valence-electron chi connectivity index (χ1n) is 11.9. The molecule has 2 aliphatic heterocycles. The Kier molecular flexibility index (Phi) is 4.82. The molecule has 5 rings (SSSR count). The SMILES string of the molecule is CCN1C(=O)N(CC)C2(CCC3(O)C4Cc5ccc(C(N)=NO)cc5C3(CCN4C)C2)C1=O. The molecule has 0 aromatic heterocycles. The van der Waals surface area contributed by atoms with Gasteiger partial charge >= 0.3 is 6.03 Å². The van der Waals surface area contributed by atoms with Gasteiger partial charge in [-0.1, -0.05) is 17.3 Å². The number of oxime groups is 1. The summed E-state index contributed by atoms with van der Waals surface area (Å²) < 4.78 is 0. The van der Waals surface area contributed by atoms with E-state index >= 15 is 0 Å². The van der Waals surface area contributed by atoms with Crippen LogP contribution in [0.3, 0.4) is 0 Å². The minimum absolute atomic E-state index is 0.0118. The Hall–Kier alpha value is -2.65. The van der Waals surface area contributed by atoms with E-state index in [0.717, 1.165) is 17.7 Å². The summed E-state index contributed by atoms with van der Waals surface area (Å²) in [7, 11) is 2.05. The van der Waals surface area contributed by atoms with Crippen LogP contribution in [0.25, 0.3) is 0 Å². The smallest absolute Gasteiger partial charge is 0.327 e. The van der Waals surface area contributed by atoms with Crippen LogP contribution < -0.4 is 5.73 Å². The molecule has 2 saturated heterocycles. The van der Waals surface area contributed by atoms with E-state index in [1.165, 1.54) is 4.90 Å². The molecule has 1 aromatic carbocycles. The number of amides is 3. The third-order valence-electron chi connectivity index (χ3n) is 9.01. The number of rotatable bonds is 3. The Bertz CT molecular complexity index is 1060. The molecule has 4 N–H and O–H groups in total. The number of carbonyl (C=O) groups excluding carboxylic acids is 2. The highest BCUT2D eigenvalue weighted by Gasteiger charge is 2.71. The van der Waals surface area contributed by atoms with E-state index in [4.69, 9.17) is 5.73 Å². The molecule has 4 atom stereocenters. The summed E-state index contributed by atoms with van der Waals surface area (Å²) in [6.07, 6.45) is 2.61. The van der Waals surface area contributed by atoms with E-state index in [0.29, 0.717) is 50.8 Å². The Balaban J connectivity index is 1.73. The average Bonchev–Trinajstić information content (AvgIpc) is 3.00. The molecule has 2 aliphatic carbocycles. The number of fused-ring (bicyclic) bond motifs is 1. The van der Waals surface area contributed by atoms with Crippen molar-refractivity contribution < 1.29 is 19.9 Å². The summed E-state index contributed by atoms with van der Waals surface area (Å²) in [6, 6.07) is 5.44. The van der Waals surface area contributed by atoms with Gasteiger partial charge in [0.1, 0.15) is 5.54 Å². The predicted molar refractivity (Wildman–Crippen MR) is 122 cm³/mol. The lowest BCUT2D eigenvalue weighted by atomic mass is 9.46. The summed E-state index contributed by atoms with van der Waals surface area (Å²) in [5, 5.41) is 24.8. The monoisotopic (exact) mass is 455 g/mol. The highest BCUT2D eigenvalue weighted by atomic mass is 16.4. The van der Waals surface area contributed by atoms with Crippen LogP contribution in [-0.2, 0) is 16.6 Å². The number of piperidine rings is 1. The van der Waals surface area contributed by atoms with Crippen LogP contribution in [0.1, 0.15) is 56.2 Å². The van der Waals surface area contributed by atoms with Gasteiger partial charge in [-0.15, -0.1) is 0 Å². The lowest BCUT2D eigenvalue weighted by molar-refractivity contribution is -0.184. The van der Waals surface area contributed by atoms with Crippen molar-refractivity contribution in [1.82, 2.24) is 14.7 Å². The number of benzene rings is 1. The summed E-state index contributed by atoms with van der Waals surface area (Å²) in [4.78, 5) is 32.2. The topological polar surface area (TPSA) is 123 Å². The number of aliphatic hydroxyl groups is 1. The second-order valence-corrected chi connectivity index (χ2v) is 10.1. The Morgan fingerprint density at radius 3 is 2.64 bits per heavy atom. The number of imide groups is 1. The zero-order valence-corrected chi connectivity index (χ0v) is 19.5. The first kappa shape index (κ1) is 22.2. The number of likely N-dealkylation sites (N-methyl/N-ethyl adjacent to an activating group) is 3. The van der Waals surface area contributed by atoms with E-state index in [1.807, 2.05) is 39.1 Å². The molecule has 33 heavy (non-hydrogen) atoms. The van der Waals surface area contributed by atoms with Gasteiger partial charge in [-0.2, -0.15) is 0 Å². The Labute approximate surface area is 193 Å².